The molecule has 0 unspecified atom stereocenters. The van der Waals surface area contributed by atoms with E-state index in [0.29, 0.717) is 38.5 Å². The highest BCUT2D eigenvalue weighted by Crippen LogP contribution is 2.22. The van der Waals surface area contributed by atoms with Gasteiger partial charge in [0.25, 0.3) is 11.5 Å². The molecule has 8 nitrogen and oxygen atoms in total. The topological polar surface area (TPSA) is 76.9 Å². The van der Waals surface area contributed by atoms with Crippen molar-refractivity contribution in [3.63, 3.8) is 0 Å². The number of ether oxygens (including phenoxy) is 2. The highest BCUT2D eigenvalue weighted by molar-refractivity contribution is 5.94. The summed E-state index contributed by atoms with van der Waals surface area (Å²) in [5, 5.41) is 4.45. The zero-order chi connectivity index (χ0) is 20.9. The summed E-state index contributed by atoms with van der Waals surface area (Å²) in [6.45, 7) is 4.55. The van der Waals surface area contributed by atoms with Gasteiger partial charge in [0.15, 0.2) is 0 Å². The predicted octanol–water partition coefficient (Wildman–Crippen LogP) is 1.70. The summed E-state index contributed by atoms with van der Waals surface area (Å²) >= 11 is 0. The Morgan fingerprint density at radius 3 is 2.67 bits per heavy atom. The van der Waals surface area contributed by atoms with Crippen LogP contribution in [0.4, 0.5) is 5.69 Å². The maximum Gasteiger partial charge on any atom is 0.269 e. The van der Waals surface area contributed by atoms with E-state index in [0.717, 1.165) is 37.2 Å². The predicted molar refractivity (Wildman–Crippen MR) is 113 cm³/mol. The first-order valence-electron chi connectivity index (χ1n) is 10.4. The standard InChI is InChI=1S/C22H28N4O4/c1-29-16-17-4-6-18(7-5-17)22(28)25-8-2-3-19(15-25)26-21(27)13-20(14-23-26)24-9-11-30-12-10-24/h4-7,13-14,19H,2-3,8-12,15-16H2,1H3/t19-/m0/s1. The Balaban J connectivity index is 1.45. The molecule has 1 atom stereocenters. The monoisotopic (exact) mass is 412 g/mol. The van der Waals surface area contributed by atoms with Crippen LogP contribution in [0.1, 0.15) is 34.8 Å². The molecule has 2 aliphatic heterocycles. The van der Waals surface area contributed by atoms with Gasteiger partial charge in [-0.3, -0.25) is 9.59 Å². The van der Waals surface area contributed by atoms with E-state index in [-0.39, 0.29) is 17.5 Å². The van der Waals surface area contributed by atoms with Gasteiger partial charge in [0.1, 0.15) is 0 Å². The summed E-state index contributed by atoms with van der Waals surface area (Å²) in [7, 11) is 1.65. The minimum Gasteiger partial charge on any atom is -0.380 e. The van der Waals surface area contributed by atoms with Gasteiger partial charge in [-0.1, -0.05) is 12.1 Å². The summed E-state index contributed by atoms with van der Waals surface area (Å²) in [6.07, 6.45) is 3.43. The Morgan fingerprint density at radius 2 is 1.97 bits per heavy atom. The number of morpholine rings is 1. The van der Waals surface area contributed by atoms with Crippen molar-refractivity contribution in [2.24, 2.45) is 0 Å². The fourth-order valence-electron chi connectivity index (χ4n) is 4.11. The Morgan fingerprint density at radius 1 is 1.20 bits per heavy atom. The Kier molecular flexibility index (Phi) is 6.44. The van der Waals surface area contributed by atoms with Gasteiger partial charge in [-0.2, -0.15) is 5.10 Å². The molecule has 0 bridgehead atoms. The Labute approximate surface area is 176 Å². The van der Waals surface area contributed by atoms with Crippen LogP contribution in [0.2, 0.25) is 0 Å². The molecule has 2 fully saturated rings. The van der Waals surface area contributed by atoms with Crippen molar-refractivity contribution in [2.45, 2.75) is 25.5 Å². The molecular formula is C22H28N4O4. The zero-order valence-electron chi connectivity index (χ0n) is 17.3. The molecule has 0 spiro atoms. The van der Waals surface area contributed by atoms with Crippen LogP contribution in [-0.4, -0.2) is 67.1 Å². The Hall–Kier alpha value is -2.71. The number of piperidine rings is 1. The van der Waals surface area contributed by atoms with Crippen LogP contribution < -0.4 is 10.5 Å². The molecule has 0 N–H and O–H groups in total. The summed E-state index contributed by atoms with van der Waals surface area (Å²) in [5.74, 6) is -0.0124. The molecule has 0 radical (unpaired) electrons. The first kappa shape index (κ1) is 20.6. The van der Waals surface area contributed by atoms with E-state index in [1.165, 1.54) is 4.68 Å². The van der Waals surface area contributed by atoms with Crippen molar-refractivity contribution in [1.82, 2.24) is 14.7 Å². The van der Waals surface area contributed by atoms with Crippen LogP contribution >= 0.6 is 0 Å². The number of carbonyl (C=O) groups excluding carboxylic acids is 1. The van der Waals surface area contributed by atoms with E-state index in [4.69, 9.17) is 9.47 Å². The molecule has 2 aliphatic rings. The quantitative estimate of drug-likeness (QED) is 0.744. The van der Waals surface area contributed by atoms with Crippen LogP contribution in [0.3, 0.4) is 0 Å². The van der Waals surface area contributed by atoms with Gasteiger partial charge in [-0.25, -0.2) is 4.68 Å². The number of carbonyl (C=O) groups is 1. The van der Waals surface area contributed by atoms with Crippen molar-refractivity contribution < 1.29 is 14.3 Å². The molecule has 1 amide bonds. The molecule has 2 saturated heterocycles. The summed E-state index contributed by atoms with van der Waals surface area (Å²) in [5.41, 5.74) is 2.39. The molecule has 160 valence electrons. The van der Waals surface area contributed by atoms with Gasteiger partial charge in [0.05, 0.1) is 37.7 Å². The van der Waals surface area contributed by atoms with E-state index in [2.05, 4.69) is 10.00 Å². The largest absolute Gasteiger partial charge is 0.380 e. The molecular weight excluding hydrogens is 384 g/mol. The van der Waals surface area contributed by atoms with Gasteiger partial charge in [-0.05, 0) is 30.5 Å². The number of amides is 1. The van der Waals surface area contributed by atoms with Crippen molar-refractivity contribution in [1.29, 1.82) is 0 Å². The average molecular weight is 412 g/mol. The SMILES string of the molecule is COCc1ccc(C(=O)N2CCC[C@H](n3ncc(N4CCOCC4)cc3=O)C2)cc1. The number of methoxy groups -OCH3 is 1. The van der Waals surface area contributed by atoms with Gasteiger partial charge in [-0.15, -0.1) is 0 Å². The fourth-order valence-corrected chi connectivity index (χ4v) is 4.11. The molecule has 1 aromatic heterocycles. The molecule has 1 aromatic carbocycles. The lowest BCUT2D eigenvalue weighted by Crippen LogP contribution is -2.44. The smallest absolute Gasteiger partial charge is 0.269 e. The molecule has 0 aliphatic carbocycles. The second-order valence-electron chi connectivity index (χ2n) is 7.77. The van der Waals surface area contributed by atoms with Crippen LogP contribution in [0, 0.1) is 0 Å². The van der Waals surface area contributed by atoms with E-state index in [1.807, 2.05) is 29.2 Å². The van der Waals surface area contributed by atoms with Crippen LogP contribution in [0.15, 0.2) is 41.3 Å². The minimum atomic E-state index is -0.123. The van der Waals surface area contributed by atoms with Crippen LogP contribution in [0.5, 0.6) is 0 Å². The number of likely N-dealkylation sites (tertiary alicyclic amines) is 1. The van der Waals surface area contributed by atoms with Gasteiger partial charge in [0.2, 0.25) is 0 Å². The molecule has 4 rings (SSSR count). The van der Waals surface area contributed by atoms with E-state index >= 15 is 0 Å². The maximum atomic E-state index is 13.0. The van der Waals surface area contributed by atoms with Crippen LogP contribution in [-0.2, 0) is 16.1 Å². The van der Waals surface area contributed by atoms with Crippen molar-refractivity contribution in [2.75, 3.05) is 51.4 Å². The first-order valence-corrected chi connectivity index (χ1v) is 10.4. The number of anilines is 1. The third-order valence-electron chi connectivity index (χ3n) is 5.73. The number of aromatic nitrogens is 2. The third-order valence-corrected chi connectivity index (χ3v) is 5.73. The average Bonchev–Trinajstić information content (AvgIpc) is 2.80. The van der Waals surface area contributed by atoms with Crippen molar-refractivity contribution >= 4 is 11.6 Å². The lowest BCUT2D eigenvalue weighted by molar-refractivity contribution is 0.0670. The molecule has 8 heteroatoms. The maximum absolute atomic E-state index is 13.0. The molecule has 2 aromatic rings. The third kappa shape index (κ3) is 4.55. The normalized spacial score (nSPS) is 19.7. The van der Waals surface area contributed by atoms with Crippen molar-refractivity contribution in [3.05, 3.63) is 58.0 Å². The van der Waals surface area contributed by atoms with Crippen molar-refractivity contribution in [3.8, 4) is 0 Å². The summed E-state index contributed by atoms with van der Waals surface area (Å²) in [4.78, 5) is 29.7. The number of nitrogens with zero attached hydrogens (tertiary/aromatic N) is 4. The van der Waals surface area contributed by atoms with Gasteiger partial charge < -0.3 is 19.3 Å². The van der Waals surface area contributed by atoms with E-state index in [9.17, 15) is 9.59 Å². The minimum absolute atomic E-state index is 0.0124. The lowest BCUT2D eigenvalue weighted by atomic mass is 10.0. The molecule has 30 heavy (non-hydrogen) atoms. The number of rotatable bonds is 5. The first-order chi connectivity index (χ1) is 14.7. The summed E-state index contributed by atoms with van der Waals surface area (Å²) < 4.78 is 12.0. The second kappa shape index (κ2) is 9.40. The number of hydrogen-bond donors (Lipinski definition) is 0. The highest BCUT2D eigenvalue weighted by atomic mass is 16.5. The molecule has 3 heterocycles. The highest BCUT2D eigenvalue weighted by Gasteiger charge is 2.27. The van der Waals surface area contributed by atoms with Gasteiger partial charge >= 0.3 is 0 Å². The zero-order valence-corrected chi connectivity index (χ0v) is 17.3. The van der Waals surface area contributed by atoms with Gasteiger partial charge in [0, 0.05) is 44.9 Å². The number of hydrogen-bond acceptors (Lipinski definition) is 6. The fraction of sp³-hybridized carbons (Fsp3) is 0.500. The second-order valence-corrected chi connectivity index (χ2v) is 7.77. The number of benzene rings is 1. The van der Waals surface area contributed by atoms with E-state index in [1.54, 1.807) is 19.4 Å². The van der Waals surface area contributed by atoms with Crippen LogP contribution in [0.25, 0.3) is 0 Å². The summed E-state index contributed by atoms with van der Waals surface area (Å²) in [6, 6.07) is 9.03. The van der Waals surface area contributed by atoms with E-state index < -0.39 is 0 Å². The lowest BCUT2D eigenvalue weighted by Gasteiger charge is -2.33. The molecule has 0 saturated carbocycles. The Bertz CT molecular complexity index is 921.